The maximum Gasteiger partial charge on any atom is 0.343 e. The van der Waals surface area contributed by atoms with Crippen molar-refractivity contribution in [2.24, 2.45) is 15.9 Å². The van der Waals surface area contributed by atoms with E-state index in [1.807, 2.05) is 0 Å². The molecule has 198 valence electrons. The van der Waals surface area contributed by atoms with Crippen LogP contribution in [0.4, 0.5) is 0 Å². The molecule has 2 aliphatic rings. The average molecular weight is 567 g/mol. The summed E-state index contributed by atoms with van der Waals surface area (Å²) in [6.07, 6.45) is 4.89. The normalized spacial score (nSPS) is 16.6. The van der Waals surface area contributed by atoms with Gasteiger partial charge in [0, 0.05) is 29.0 Å². The van der Waals surface area contributed by atoms with Crippen LogP contribution in [-0.2, 0) is 25.5 Å². The molecular weight excluding hydrogens is 547 g/mol. The zero-order valence-electron chi connectivity index (χ0n) is 20.3. The van der Waals surface area contributed by atoms with Crippen molar-refractivity contribution in [1.29, 1.82) is 0 Å². The minimum atomic E-state index is -0.616. The zero-order valence-corrected chi connectivity index (χ0v) is 21.8. The average Bonchev–Trinajstić information content (AvgIpc) is 3.55. The third-order valence-electron chi connectivity index (χ3n) is 5.80. The van der Waals surface area contributed by atoms with Gasteiger partial charge in [0.1, 0.15) is 5.69 Å². The van der Waals surface area contributed by atoms with E-state index in [-0.39, 0.29) is 48.5 Å². The number of nitrogens with zero attached hydrogens (tertiary/aromatic N) is 4. The van der Waals surface area contributed by atoms with Crippen LogP contribution in [-0.4, -0.2) is 52.7 Å². The molecule has 0 fully saturated rings. The van der Waals surface area contributed by atoms with Gasteiger partial charge >= 0.3 is 11.9 Å². The van der Waals surface area contributed by atoms with Gasteiger partial charge in [-0.05, 0) is 48.5 Å². The molecule has 0 aliphatic carbocycles. The Morgan fingerprint density at radius 2 is 1.67 bits per heavy atom. The third kappa shape index (κ3) is 6.42. The lowest BCUT2D eigenvalue weighted by molar-refractivity contribution is -0.116. The van der Waals surface area contributed by atoms with Crippen LogP contribution in [0.5, 0.6) is 0 Å². The second-order valence-electron chi connectivity index (χ2n) is 8.58. The predicted octanol–water partition coefficient (Wildman–Crippen LogP) is 4.51. The number of aromatic nitrogens is 2. The number of ether oxygens (including phenoxy) is 3. The first-order chi connectivity index (χ1) is 18.9. The quantitative estimate of drug-likeness (QED) is 0.367. The maximum absolute atomic E-state index is 12.9. The molecule has 3 heterocycles. The van der Waals surface area contributed by atoms with Crippen LogP contribution in [0.15, 0.2) is 82.6 Å². The summed E-state index contributed by atoms with van der Waals surface area (Å²) in [5.41, 5.74) is 1.03. The Hall–Kier alpha value is -4.28. The topological polar surface area (TPSA) is 121 Å². The first-order valence-corrected chi connectivity index (χ1v) is 12.5. The minimum Gasteiger partial charge on any atom is -0.490 e. The van der Waals surface area contributed by atoms with Crippen LogP contribution < -0.4 is 0 Å². The van der Waals surface area contributed by atoms with Gasteiger partial charge in [-0.25, -0.2) is 19.6 Å². The zero-order chi connectivity index (χ0) is 27.4. The summed E-state index contributed by atoms with van der Waals surface area (Å²) in [5.74, 6) is -1.23. The van der Waals surface area contributed by atoms with E-state index in [1.165, 1.54) is 6.21 Å². The number of hydrogen-bond donors (Lipinski definition) is 0. The summed E-state index contributed by atoms with van der Waals surface area (Å²) in [4.78, 5) is 49.4. The van der Waals surface area contributed by atoms with Crippen molar-refractivity contribution in [3.05, 3.63) is 99.4 Å². The van der Waals surface area contributed by atoms with Crippen LogP contribution >= 0.6 is 23.2 Å². The number of rotatable bonds is 8. The number of esters is 2. The summed E-state index contributed by atoms with van der Waals surface area (Å²) in [5, 5.41) is 0.969. The Bertz CT molecular complexity index is 1510. The molecule has 1 unspecified atom stereocenters. The highest BCUT2D eigenvalue weighted by atomic mass is 35.5. The highest BCUT2D eigenvalue weighted by molar-refractivity contribution is 6.31. The molecule has 5 rings (SSSR count). The molecular formula is C27H20Cl2N4O6. The van der Waals surface area contributed by atoms with E-state index < -0.39 is 17.9 Å². The summed E-state index contributed by atoms with van der Waals surface area (Å²) < 4.78 is 18.7. The van der Waals surface area contributed by atoms with Crippen molar-refractivity contribution in [1.82, 2.24) is 9.55 Å². The molecule has 12 heteroatoms. The molecule has 0 N–H and O–H groups in total. The number of hydrogen-bond acceptors (Lipinski definition) is 8. The summed E-state index contributed by atoms with van der Waals surface area (Å²) in [6, 6.07) is 12.5. The van der Waals surface area contributed by atoms with Gasteiger partial charge in [-0.3, -0.25) is 4.79 Å². The van der Waals surface area contributed by atoms with Gasteiger partial charge in [0.05, 0.1) is 36.4 Å². The lowest BCUT2D eigenvalue weighted by Crippen LogP contribution is -2.18. The van der Waals surface area contributed by atoms with E-state index in [0.29, 0.717) is 27.8 Å². The number of benzene rings is 2. The van der Waals surface area contributed by atoms with Gasteiger partial charge in [0.25, 0.3) is 5.91 Å². The Kier molecular flexibility index (Phi) is 7.85. The molecule has 2 aromatic carbocycles. The molecule has 0 saturated carbocycles. The van der Waals surface area contributed by atoms with Gasteiger partial charge in [0.15, 0.2) is 24.0 Å². The lowest BCUT2D eigenvalue weighted by Gasteiger charge is -2.14. The Labute approximate surface area is 232 Å². The number of imidazole rings is 1. The van der Waals surface area contributed by atoms with Crippen molar-refractivity contribution in [2.75, 3.05) is 13.2 Å². The fourth-order valence-corrected chi connectivity index (χ4v) is 4.12. The summed E-state index contributed by atoms with van der Waals surface area (Å²) in [6.45, 7) is 0.238. The SMILES string of the molecule is O=C1CC=NC(c2cn(CC3COC(COC(=O)c4ccc(Cl)cc4)=C3OC(=O)c3ccc(Cl)cc3)cn2)=N1. The molecule has 0 spiro atoms. The van der Waals surface area contributed by atoms with E-state index in [2.05, 4.69) is 15.0 Å². The molecule has 2 aliphatic heterocycles. The fourth-order valence-electron chi connectivity index (χ4n) is 3.87. The number of carbonyl (C=O) groups is 3. The van der Waals surface area contributed by atoms with E-state index in [9.17, 15) is 14.4 Å². The van der Waals surface area contributed by atoms with Crippen molar-refractivity contribution in [3.63, 3.8) is 0 Å². The van der Waals surface area contributed by atoms with Gasteiger partial charge in [-0.15, -0.1) is 0 Å². The predicted molar refractivity (Wildman–Crippen MR) is 142 cm³/mol. The van der Waals surface area contributed by atoms with E-state index in [1.54, 1.807) is 65.6 Å². The van der Waals surface area contributed by atoms with Gasteiger partial charge in [-0.2, -0.15) is 4.99 Å². The van der Waals surface area contributed by atoms with Crippen molar-refractivity contribution >= 4 is 53.1 Å². The highest BCUT2D eigenvalue weighted by Crippen LogP contribution is 2.30. The molecule has 1 atom stereocenters. The Balaban J connectivity index is 1.35. The molecule has 10 nitrogen and oxygen atoms in total. The van der Waals surface area contributed by atoms with Crippen LogP contribution in [0.25, 0.3) is 0 Å². The third-order valence-corrected chi connectivity index (χ3v) is 6.31. The van der Waals surface area contributed by atoms with Gasteiger partial charge in [-0.1, -0.05) is 23.2 Å². The number of amides is 1. The van der Waals surface area contributed by atoms with Gasteiger partial charge in [0.2, 0.25) is 0 Å². The molecule has 3 aromatic rings. The van der Waals surface area contributed by atoms with E-state index in [0.717, 1.165) is 0 Å². The number of amidine groups is 1. The van der Waals surface area contributed by atoms with Gasteiger partial charge < -0.3 is 18.8 Å². The van der Waals surface area contributed by atoms with E-state index in [4.69, 9.17) is 37.4 Å². The smallest absolute Gasteiger partial charge is 0.343 e. The molecule has 0 radical (unpaired) electrons. The molecule has 0 saturated heterocycles. The van der Waals surface area contributed by atoms with Crippen LogP contribution in [0, 0.1) is 5.92 Å². The molecule has 1 amide bonds. The van der Waals surface area contributed by atoms with Crippen LogP contribution in [0.1, 0.15) is 32.8 Å². The first-order valence-electron chi connectivity index (χ1n) is 11.8. The largest absolute Gasteiger partial charge is 0.490 e. The van der Waals surface area contributed by atoms with Crippen LogP contribution in [0.3, 0.4) is 0 Å². The second-order valence-corrected chi connectivity index (χ2v) is 9.45. The van der Waals surface area contributed by atoms with Crippen molar-refractivity contribution in [3.8, 4) is 0 Å². The minimum absolute atomic E-state index is 0.155. The maximum atomic E-state index is 12.9. The lowest BCUT2D eigenvalue weighted by atomic mass is 10.1. The van der Waals surface area contributed by atoms with E-state index >= 15 is 0 Å². The number of carbonyl (C=O) groups excluding carboxylic acids is 3. The molecule has 1 aromatic heterocycles. The first kappa shape index (κ1) is 26.3. The van der Waals surface area contributed by atoms with Crippen molar-refractivity contribution in [2.45, 2.75) is 13.0 Å². The standard InChI is InChI=1S/C27H20Cl2N4O6/c28-19-5-1-16(2-6-19)26(35)38-14-22-24(39-27(36)17-3-7-20(29)8-4-17)18(13-37-22)11-33-12-21(31-15-33)25-30-10-9-23(34)32-25/h1-8,10,12,15,18H,9,11,13-14H2. The second kappa shape index (κ2) is 11.6. The summed E-state index contributed by atoms with van der Waals surface area (Å²) >= 11 is 11.8. The van der Waals surface area contributed by atoms with Crippen LogP contribution in [0.2, 0.25) is 10.0 Å². The highest BCUT2D eigenvalue weighted by Gasteiger charge is 2.33. The van der Waals surface area contributed by atoms with Crippen molar-refractivity contribution < 1.29 is 28.6 Å². The monoisotopic (exact) mass is 566 g/mol. The number of aliphatic imine (C=N–C) groups is 2. The Morgan fingerprint density at radius 3 is 2.33 bits per heavy atom. The number of halogens is 2. The Morgan fingerprint density at radius 1 is 1.00 bits per heavy atom. The molecule has 0 bridgehead atoms. The summed E-state index contributed by atoms with van der Waals surface area (Å²) in [7, 11) is 0. The molecule has 39 heavy (non-hydrogen) atoms. The fraction of sp³-hybridized carbons (Fsp3) is 0.185.